The number of nitrogens with zero attached hydrogens (tertiary/aromatic N) is 2. The average molecular weight is 382 g/mol. The quantitative estimate of drug-likeness (QED) is 0.553. The zero-order valence-corrected chi connectivity index (χ0v) is 17.0. The molecule has 0 bridgehead atoms. The number of aliphatic hydroxyl groups is 1. The predicted molar refractivity (Wildman–Crippen MR) is 106 cm³/mol. The summed E-state index contributed by atoms with van der Waals surface area (Å²) < 4.78 is 6.10. The maximum Gasteiger partial charge on any atom is 0.190 e. The van der Waals surface area contributed by atoms with Gasteiger partial charge in [-0.25, -0.2) is 9.97 Å². The molecule has 7 heteroatoms. The Hall–Kier alpha value is -0.890. The summed E-state index contributed by atoms with van der Waals surface area (Å²) in [6.45, 7) is 9.41. The van der Waals surface area contributed by atoms with Crippen LogP contribution in [0.25, 0.3) is 10.2 Å². The van der Waals surface area contributed by atoms with Crippen LogP contribution in [-0.4, -0.2) is 39.1 Å². The standard InChI is InChI=1S/C18H27N3O2S2/c1-5-7-24-17-20-15(19-9-11(3)22)14-12-8-18(4,6-2)23-10-13(12)25-16(14)21-17/h11,22H,5-10H2,1-4H3,(H,19,20,21). The molecule has 5 nitrogen and oxygen atoms in total. The molecule has 1 aliphatic heterocycles. The van der Waals surface area contributed by atoms with E-state index in [2.05, 4.69) is 26.1 Å². The lowest BCUT2D eigenvalue weighted by Crippen LogP contribution is -2.34. The number of aliphatic hydroxyl groups excluding tert-OH is 1. The fourth-order valence-electron chi connectivity index (χ4n) is 2.91. The van der Waals surface area contributed by atoms with Crippen LogP contribution in [0.1, 0.15) is 51.0 Å². The van der Waals surface area contributed by atoms with Gasteiger partial charge in [-0.1, -0.05) is 25.6 Å². The maximum absolute atomic E-state index is 9.68. The minimum atomic E-state index is -0.421. The SMILES string of the molecule is CCCSc1nc(NCC(C)O)c2c3c(sc2n1)COC(C)(CC)C3. The maximum atomic E-state index is 9.68. The van der Waals surface area contributed by atoms with Crippen LogP contribution in [0.3, 0.4) is 0 Å². The molecule has 0 aliphatic carbocycles. The Balaban J connectivity index is 2.06. The van der Waals surface area contributed by atoms with Crippen LogP contribution in [0.2, 0.25) is 0 Å². The molecular formula is C18H27N3O2S2. The third-order valence-corrected chi connectivity index (χ3v) is 6.72. The van der Waals surface area contributed by atoms with Crippen molar-refractivity contribution in [3.8, 4) is 0 Å². The summed E-state index contributed by atoms with van der Waals surface area (Å²) in [5, 5.41) is 14.9. The van der Waals surface area contributed by atoms with Crippen molar-refractivity contribution in [3.05, 3.63) is 10.4 Å². The largest absolute Gasteiger partial charge is 0.392 e. The van der Waals surface area contributed by atoms with Gasteiger partial charge in [-0.05, 0) is 32.3 Å². The average Bonchev–Trinajstić information content (AvgIpc) is 2.95. The summed E-state index contributed by atoms with van der Waals surface area (Å²) in [5.74, 6) is 1.85. The number of ether oxygens (including phenoxy) is 1. The van der Waals surface area contributed by atoms with E-state index < -0.39 is 6.10 Å². The van der Waals surface area contributed by atoms with Crippen molar-refractivity contribution >= 4 is 39.1 Å². The number of fused-ring (bicyclic) bond motifs is 3. The zero-order valence-electron chi connectivity index (χ0n) is 15.4. The topological polar surface area (TPSA) is 67.3 Å². The van der Waals surface area contributed by atoms with Gasteiger partial charge in [0.1, 0.15) is 10.6 Å². The second-order valence-corrected chi connectivity index (χ2v) is 9.03. The van der Waals surface area contributed by atoms with Crippen molar-refractivity contribution in [2.75, 3.05) is 17.6 Å². The molecule has 2 unspecified atom stereocenters. The van der Waals surface area contributed by atoms with Gasteiger partial charge in [0.2, 0.25) is 0 Å². The molecule has 0 fully saturated rings. The van der Waals surface area contributed by atoms with Crippen molar-refractivity contribution in [2.24, 2.45) is 0 Å². The summed E-state index contributed by atoms with van der Waals surface area (Å²) in [6, 6.07) is 0. The first-order valence-corrected chi connectivity index (χ1v) is 10.8. The van der Waals surface area contributed by atoms with E-state index in [9.17, 15) is 5.11 Å². The van der Waals surface area contributed by atoms with Crippen LogP contribution in [0.4, 0.5) is 5.82 Å². The lowest BCUT2D eigenvalue weighted by atomic mass is 9.90. The van der Waals surface area contributed by atoms with Crippen molar-refractivity contribution in [3.63, 3.8) is 0 Å². The Morgan fingerprint density at radius 2 is 2.20 bits per heavy atom. The van der Waals surface area contributed by atoms with Gasteiger partial charge in [-0.2, -0.15) is 0 Å². The Morgan fingerprint density at radius 3 is 2.88 bits per heavy atom. The minimum absolute atomic E-state index is 0.127. The van der Waals surface area contributed by atoms with Gasteiger partial charge in [-0.15, -0.1) is 11.3 Å². The van der Waals surface area contributed by atoms with Crippen molar-refractivity contribution in [2.45, 2.75) is 70.4 Å². The van der Waals surface area contributed by atoms with Crippen LogP contribution in [0, 0.1) is 0 Å². The first-order valence-electron chi connectivity index (χ1n) is 8.96. The van der Waals surface area contributed by atoms with E-state index in [1.54, 1.807) is 30.0 Å². The summed E-state index contributed by atoms with van der Waals surface area (Å²) in [4.78, 5) is 11.8. The van der Waals surface area contributed by atoms with E-state index in [0.717, 1.165) is 46.2 Å². The molecule has 0 saturated carbocycles. The normalized spacial score (nSPS) is 21.3. The van der Waals surface area contributed by atoms with E-state index in [0.29, 0.717) is 13.2 Å². The van der Waals surface area contributed by atoms with E-state index in [1.165, 1.54) is 10.4 Å². The summed E-state index contributed by atoms with van der Waals surface area (Å²) in [5.41, 5.74) is 1.19. The van der Waals surface area contributed by atoms with Crippen LogP contribution >= 0.6 is 23.1 Å². The Labute approximate surface area is 157 Å². The summed E-state index contributed by atoms with van der Waals surface area (Å²) >= 11 is 3.40. The third kappa shape index (κ3) is 4.10. The van der Waals surface area contributed by atoms with Crippen molar-refractivity contribution in [1.82, 2.24) is 9.97 Å². The van der Waals surface area contributed by atoms with E-state index >= 15 is 0 Å². The van der Waals surface area contributed by atoms with Crippen LogP contribution < -0.4 is 5.32 Å². The number of thioether (sulfide) groups is 1. The molecule has 2 aromatic rings. The number of hydrogen-bond donors (Lipinski definition) is 2. The molecule has 25 heavy (non-hydrogen) atoms. The number of thiophene rings is 1. The first kappa shape index (κ1) is 18.9. The molecule has 0 saturated heterocycles. The Kier molecular flexibility index (Phi) is 5.88. The number of aromatic nitrogens is 2. The second-order valence-electron chi connectivity index (χ2n) is 6.89. The molecule has 3 rings (SSSR count). The van der Waals surface area contributed by atoms with Gasteiger partial charge in [-0.3, -0.25) is 0 Å². The fraction of sp³-hybridized carbons (Fsp3) is 0.667. The lowest BCUT2D eigenvalue weighted by Gasteiger charge is -2.33. The van der Waals surface area contributed by atoms with Crippen molar-refractivity contribution < 1.29 is 9.84 Å². The van der Waals surface area contributed by atoms with Gasteiger partial charge in [0.15, 0.2) is 5.16 Å². The summed E-state index contributed by atoms with van der Waals surface area (Å²) in [7, 11) is 0. The van der Waals surface area contributed by atoms with Crippen LogP contribution in [-0.2, 0) is 17.8 Å². The molecule has 2 aromatic heterocycles. The Morgan fingerprint density at radius 1 is 1.40 bits per heavy atom. The zero-order chi connectivity index (χ0) is 18.0. The fourth-order valence-corrected chi connectivity index (χ4v) is 4.77. The predicted octanol–water partition coefficient (Wildman–Crippen LogP) is 4.23. The number of hydrogen-bond acceptors (Lipinski definition) is 7. The Bertz CT molecular complexity index is 747. The molecule has 0 radical (unpaired) electrons. The molecular weight excluding hydrogens is 354 g/mol. The lowest BCUT2D eigenvalue weighted by molar-refractivity contribution is -0.0542. The highest BCUT2D eigenvalue weighted by Crippen LogP contribution is 2.42. The highest BCUT2D eigenvalue weighted by atomic mass is 32.2. The van der Waals surface area contributed by atoms with E-state index in [1.807, 2.05) is 0 Å². The molecule has 0 amide bonds. The van der Waals surface area contributed by atoms with Crippen LogP contribution in [0.5, 0.6) is 0 Å². The highest BCUT2D eigenvalue weighted by Gasteiger charge is 2.33. The first-order chi connectivity index (χ1) is 12.0. The molecule has 2 N–H and O–H groups in total. The molecule has 3 heterocycles. The van der Waals surface area contributed by atoms with E-state index in [-0.39, 0.29) is 5.60 Å². The number of rotatable bonds is 7. The molecule has 138 valence electrons. The van der Waals surface area contributed by atoms with Gasteiger partial charge in [0.25, 0.3) is 0 Å². The smallest absolute Gasteiger partial charge is 0.190 e. The van der Waals surface area contributed by atoms with Gasteiger partial charge in [0.05, 0.1) is 23.7 Å². The second kappa shape index (κ2) is 7.78. The van der Waals surface area contributed by atoms with Gasteiger partial charge in [0, 0.05) is 23.6 Å². The molecule has 0 aromatic carbocycles. The molecule has 1 aliphatic rings. The number of nitrogens with one attached hydrogen (secondary N) is 1. The van der Waals surface area contributed by atoms with Crippen LogP contribution in [0.15, 0.2) is 5.16 Å². The van der Waals surface area contributed by atoms with Gasteiger partial charge >= 0.3 is 0 Å². The van der Waals surface area contributed by atoms with E-state index in [4.69, 9.17) is 14.7 Å². The van der Waals surface area contributed by atoms with Crippen molar-refractivity contribution in [1.29, 1.82) is 0 Å². The minimum Gasteiger partial charge on any atom is -0.392 e. The third-order valence-electron chi connectivity index (χ3n) is 4.56. The van der Waals surface area contributed by atoms with Gasteiger partial charge < -0.3 is 15.2 Å². The number of anilines is 1. The highest BCUT2D eigenvalue weighted by molar-refractivity contribution is 7.99. The summed E-state index contributed by atoms with van der Waals surface area (Å²) in [6.07, 6.45) is 2.53. The monoisotopic (exact) mass is 381 g/mol. The molecule has 2 atom stereocenters. The molecule has 0 spiro atoms.